The molecule has 0 saturated carbocycles. The molecule has 5 aromatic rings. The van der Waals surface area contributed by atoms with E-state index in [1.54, 1.807) is 0 Å². The van der Waals surface area contributed by atoms with Gasteiger partial charge in [0.25, 0.3) is 0 Å². The van der Waals surface area contributed by atoms with Gasteiger partial charge in [-0.3, -0.25) is 6.08 Å². The molecule has 256 valence electrons. The average Bonchev–Trinajstić information content (AvgIpc) is 3.82. The van der Waals surface area contributed by atoms with Crippen molar-refractivity contribution in [1.29, 1.82) is 0 Å². The standard InChI is InChI=1S/C23H21.C15H14.C9H13.2ClH.Zr/c1-22(2)7-5-14-10-18-16(12-20(14)22)9-17-13-21-15(11-19(17)18)6-8-23(21,3)4;1-12-3-7-14(8-4-12)11-15-9-5-13(2)6-10-15;1-9(2,3)8-6-4-5-7-8;;;/h5-13H,1-4H3;3-10H,1-2H3;6-7H,4H2,1-3H3;2*1H;/q-1;;-1;;;+2/p-2. The van der Waals surface area contributed by atoms with Crippen LogP contribution < -0.4 is 24.8 Å². The van der Waals surface area contributed by atoms with Crippen LogP contribution in [0.2, 0.25) is 0 Å². The van der Waals surface area contributed by atoms with Gasteiger partial charge in [0.05, 0.1) is 0 Å². The summed E-state index contributed by atoms with van der Waals surface area (Å²) in [5, 5.41) is 5.53. The van der Waals surface area contributed by atoms with Gasteiger partial charge >= 0.3 is 112 Å². The molecule has 0 bridgehead atoms. The quantitative estimate of drug-likeness (QED) is 0.181. The fourth-order valence-corrected chi connectivity index (χ4v) is 7.65. The minimum absolute atomic E-state index is 0. The topological polar surface area (TPSA) is 0 Å². The van der Waals surface area contributed by atoms with E-state index in [1.165, 1.54) is 99.1 Å². The predicted molar refractivity (Wildman–Crippen MR) is 207 cm³/mol. The molecular formula is C47H48Cl2Zr-2. The van der Waals surface area contributed by atoms with Gasteiger partial charge in [0.1, 0.15) is 0 Å². The van der Waals surface area contributed by atoms with Crippen molar-refractivity contribution < 1.29 is 49.0 Å². The maximum absolute atomic E-state index is 3.16. The van der Waals surface area contributed by atoms with Crippen molar-refractivity contribution in [3.8, 4) is 0 Å². The minimum atomic E-state index is 0. The fourth-order valence-electron chi connectivity index (χ4n) is 6.83. The molecule has 0 aliphatic heterocycles. The van der Waals surface area contributed by atoms with E-state index in [1.807, 2.05) is 0 Å². The Balaban J connectivity index is 0.000000182. The molecule has 5 aromatic carbocycles. The van der Waals surface area contributed by atoms with Crippen molar-refractivity contribution in [1.82, 2.24) is 0 Å². The van der Waals surface area contributed by atoms with E-state index in [0.29, 0.717) is 5.41 Å². The number of fused-ring (bicyclic) bond motifs is 5. The molecule has 0 atom stereocenters. The molecule has 0 radical (unpaired) electrons. The molecule has 0 saturated heterocycles. The van der Waals surface area contributed by atoms with Crippen LogP contribution in [0.5, 0.6) is 0 Å². The molecule has 3 aliphatic carbocycles. The van der Waals surface area contributed by atoms with E-state index in [2.05, 4.69) is 184 Å². The summed E-state index contributed by atoms with van der Waals surface area (Å²) in [6.07, 6.45) is 17.7. The first-order valence-electron chi connectivity index (χ1n) is 17.2. The van der Waals surface area contributed by atoms with Crippen LogP contribution in [0.1, 0.15) is 99.4 Å². The smallest absolute Gasteiger partial charge is 1.00 e. The largest absolute Gasteiger partial charge is 1.00 e. The molecule has 0 N–H and O–H groups in total. The maximum atomic E-state index is 3.16. The third-order valence-corrected chi connectivity index (χ3v) is 11.5. The molecule has 3 aliphatic rings. The van der Waals surface area contributed by atoms with E-state index < -0.39 is 0 Å². The van der Waals surface area contributed by atoms with Gasteiger partial charge in [-0.2, -0.15) is 11.6 Å². The summed E-state index contributed by atoms with van der Waals surface area (Å²) >= 11 is 1.46. The molecule has 3 heteroatoms. The van der Waals surface area contributed by atoms with Gasteiger partial charge in [0.15, 0.2) is 0 Å². The predicted octanol–water partition coefficient (Wildman–Crippen LogP) is 6.47. The zero-order valence-corrected chi connectivity index (χ0v) is 34.9. The van der Waals surface area contributed by atoms with Gasteiger partial charge in [-0.1, -0.05) is 101 Å². The third kappa shape index (κ3) is 8.39. The van der Waals surface area contributed by atoms with Gasteiger partial charge in [0.2, 0.25) is 0 Å². The molecule has 8 rings (SSSR count). The van der Waals surface area contributed by atoms with Crippen molar-refractivity contribution in [2.45, 2.75) is 79.6 Å². The summed E-state index contributed by atoms with van der Waals surface area (Å²) in [6.45, 7) is 20.1. The fraction of sp³-hybridized carbons (Fsp3) is 0.277. The molecule has 0 fully saturated rings. The van der Waals surface area contributed by atoms with E-state index in [4.69, 9.17) is 0 Å². The number of benzene rings is 4. The Morgan fingerprint density at radius 1 is 0.680 bits per heavy atom. The van der Waals surface area contributed by atoms with E-state index in [0.717, 1.165) is 6.42 Å². The summed E-state index contributed by atoms with van der Waals surface area (Å²) in [5.74, 6) is 0. The number of hydrogen-bond donors (Lipinski definition) is 0. The Labute approximate surface area is 328 Å². The Morgan fingerprint density at radius 2 is 1.10 bits per heavy atom. The molecule has 0 amide bonds. The molecule has 0 unspecified atom stereocenters. The van der Waals surface area contributed by atoms with Gasteiger partial charge in [0, 0.05) is 10.8 Å². The molecular weight excluding hydrogens is 727 g/mol. The van der Waals surface area contributed by atoms with Crippen LogP contribution in [0, 0.1) is 25.3 Å². The zero-order chi connectivity index (χ0) is 34.4. The summed E-state index contributed by atoms with van der Waals surface area (Å²) in [6, 6.07) is 29.5. The van der Waals surface area contributed by atoms with Gasteiger partial charge < -0.3 is 24.8 Å². The van der Waals surface area contributed by atoms with Crippen LogP contribution in [-0.4, -0.2) is 3.21 Å². The Kier molecular flexibility index (Phi) is 12.2. The van der Waals surface area contributed by atoms with E-state index >= 15 is 0 Å². The first kappa shape index (κ1) is 39.8. The summed E-state index contributed by atoms with van der Waals surface area (Å²) in [5.41, 5.74) is 13.0. The summed E-state index contributed by atoms with van der Waals surface area (Å²) in [7, 11) is 0. The van der Waals surface area contributed by atoms with Gasteiger partial charge in [-0.15, -0.1) is 46.2 Å². The Hall–Kier alpha value is -2.96. The summed E-state index contributed by atoms with van der Waals surface area (Å²) < 4.78 is 1.42. The normalized spacial score (nSPS) is 15.6. The van der Waals surface area contributed by atoms with Crippen molar-refractivity contribution in [2.24, 2.45) is 5.41 Å². The summed E-state index contributed by atoms with van der Waals surface area (Å²) in [4.78, 5) is 0. The molecule has 0 heterocycles. The average molecular weight is 775 g/mol. The van der Waals surface area contributed by atoms with Crippen molar-refractivity contribution in [3.05, 3.63) is 159 Å². The van der Waals surface area contributed by atoms with E-state index in [9.17, 15) is 0 Å². The van der Waals surface area contributed by atoms with Crippen LogP contribution in [0.3, 0.4) is 0 Å². The number of hydrogen-bond acceptors (Lipinski definition) is 0. The van der Waals surface area contributed by atoms with Crippen LogP contribution >= 0.6 is 0 Å². The second-order valence-electron chi connectivity index (χ2n) is 15.9. The first-order valence-corrected chi connectivity index (χ1v) is 18.5. The number of allylic oxidation sites excluding steroid dienone is 6. The van der Waals surface area contributed by atoms with Gasteiger partial charge in [-0.05, 0) is 11.1 Å². The molecule has 0 nitrogen and oxygen atoms in total. The van der Waals surface area contributed by atoms with Crippen molar-refractivity contribution in [3.63, 3.8) is 0 Å². The minimum Gasteiger partial charge on any atom is -1.00 e. The van der Waals surface area contributed by atoms with Crippen LogP contribution in [-0.2, 0) is 35.1 Å². The number of aryl methyl sites for hydroxylation is 2. The number of halogens is 2. The Morgan fingerprint density at radius 3 is 1.44 bits per heavy atom. The van der Waals surface area contributed by atoms with Crippen LogP contribution in [0.25, 0.3) is 33.7 Å². The Bertz CT molecular complexity index is 2010. The second-order valence-corrected chi connectivity index (χ2v) is 17.1. The maximum Gasteiger partial charge on any atom is -1.00 e. The third-order valence-electron chi connectivity index (χ3n) is 10.0. The van der Waals surface area contributed by atoms with Crippen LogP contribution in [0.15, 0.2) is 109 Å². The van der Waals surface area contributed by atoms with Crippen LogP contribution in [0.4, 0.5) is 0 Å². The number of rotatable bonds is 2. The monoisotopic (exact) mass is 772 g/mol. The first-order chi connectivity index (χ1) is 22.6. The second kappa shape index (κ2) is 15.3. The molecule has 0 aromatic heterocycles. The van der Waals surface area contributed by atoms with Gasteiger partial charge in [-0.25, -0.2) is 6.08 Å². The van der Waals surface area contributed by atoms with E-state index in [-0.39, 0.29) is 35.6 Å². The van der Waals surface area contributed by atoms with Crippen molar-refractivity contribution >= 4 is 36.9 Å². The molecule has 50 heavy (non-hydrogen) atoms. The zero-order valence-electron chi connectivity index (χ0n) is 30.9. The van der Waals surface area contributed by atoms with Crippen molar-refractivity contribution in [2.75, 3.05) is 0 Å². The SMILES string of the molecule is CC(C)(C)C1=CC[C-]=C1.CC1(C)C=Cc2cc3c(cc21)[cH-]c1cc2c(cc13)C=CC2(C)C.Cc1ccc([C](=[Zr+2])c2ccc(C)cc2)cc1.[Cl-].[Cl-]. The molecule has 0 spiro atoms.